The molecule has 0 saturated carbocycles. The molecule has 4 atom stereocenters. The normalized spacial score (nSPS) is 21.5. The lowest BCUT2D eigenvalue weighted by molar-refractivity contribution is -0.136. The Bertz CT molecular complexity index is 1970. The van der Waals surface area contributed by atoms with Gasteiger partial charge < -0.3 is 30.9 Å². The molecule has 2 heterocycles. The number of fused-ring (bicyclic) bond motifs is 3. The average Bonchev–Trinajstić information content (AvgIpc) is 3.66. The fraction of sp³-hybridized carbons (Fsp3) is 0.400. The monoisotopic (exact) mass is 755 g/mol. The second-order valence-electron chi connectivity index (χ2n) is 14.0. The third-order valence-corrected chi connectivity index (χ3v) is 10.4. The molecule has 1 aromatic heterocycles. The summed E-state index contributed by atoms with van der Waals surface area (Å²) in [4.78, 5) is 75.5. The highest BCUT2D eigenvalue weighted by Crippen LogP contribution is 2.29. The number of nitrogens with one attached hydrogen (secondary N) is 4. The smallest absolute Gasteiger partial charge is 0.271 e. The lowest BCUT2D eigenvalue weighted by atomic mass is 10.0. The Hall–Kier alpha value is -5.34. The van der Waals surface area contributed by atoms with Gasteiger partial charge in [-0.05, 0) is 48.8 Å². The zero-order chi connectivity index (χ0) is 38.9. The minimum atomic E-state index is -0.996. The van der Waals surface area contributed by atoms with Gasteiger partial charge in [-0.1, -0.05) is 74.5 Å². The van der Waals surface area contributed by atoms with Gasteiger partial charge in [-0.25, -0.2) is 4.98 Å². The molecule has 54 heavy (non-hydrogen) atoms. The molecular formula is C40H49N7O6S. The second kappa shape index (κ2) is 18.1. The molecule has 0 unspecified atom stereocenters. The minimum Gasteiger partial charge on any atom is -0.496 e. The maximum Gasteiger partial charge on any atom is 0.271 e. The van der Waals surface area contributed by atoms with Crippen LogP contribution in [0.5, 0.6) is 5.75 Å². The topological polar surface area (TPSA) is 162 Å². The molecule has 14 heteroatoms. The highest BCUT2D eigenvalue weighted by Gasteiger charge is 2.31. The molecule has 13 nitrogen and oxygen atoms in total. The zero-order valence-electron chi connectivity index (χ0n) is 31.5. The van der Waals surface area contributed by atoms with Crippen molar-refractivity contribution in [1.29, 1.82) is 0 Å². The third kappa shape index (κ3) is 9.99. The lowest BCUT2D eigenvalue weighted by Crippen LogP contribution is -2.57. The Labute approximate surface area is 319 Å². The Balaban J connectivity index is 1.49. The summed E-state index contributed by atoms with van der Waals surface area (Å²) in [6.45, 7) is 7.68. The molecule has 0 spiro atoms. The number of ether oxygens (including phenoxy) is 1. The molecule has 4 N–H and O–H groups in total. The molecule has 5 rings (SSSR count). The number of aromatic nitrogens is 1. The summed E-state index contributed by atoms with van der Waals surface area (Å²) in [5.74, 6) is -1.81. The van der Waals surface area contributed by atoms with E-state index in [9.17, 15) is 24.0 Å². The number of carbonyl (C=O) groups excluding carboxylic acids is 5. The van der Waals surface area contributed by atoms with Gasteiger partial charge in [0.1, 0.15) is 34.6 Å². The van der Waals surface area contributed by atoms with E-state index in [1.54, 1.807) is 40.3 Å². The maximum atomic E-state index is 14.0. The van der Waals surface area contributed by atoms with Crippen molar-refractivity contribution < 1.29 is 28.7 Å². The van der Waals surface area contributed by atoms with Crippen molar-refractivity contribution >= 4 is 51.6 Å². The first-order valence-electron chi connectivity index (χ1n) is 18.1. The van der Waals surface area contributed by atoms with Gasteiger partial charge in [0.25, 0.3) is 5.91 Å². The lowest BCUT2D eigenvalue weighted by Gasteiger charge is -2.29. The van der Waals surface area contributed by atoms with E-state index >= 15 is 0 Å². The Morgan fingerprint density at radius 3 is 2.24 bits per heavy atom. The van der Waals surface area contributed by atoms with Gasteiger partial charge in [0.2, 0.25) is 23.6 Å². The summed E-state index contributed by atoms with van der Waals surface area (Å²) in [7, 11) is 3.29. The minimum absolute atomic E-state index is 0.0000480. The number of amides is 5. The summed E-state index contributed by atoms with van der Waals surface area (Å²) in [5.41, 5.74) is 2.06. The quantitative estimate of drug-likeness (QED) is 0.233. The second-order valence-corrected chi connectivity index (χ2v) is 14.9. The van der Waals surface area contributed by atoms with Crippen LogP contribution in [0, 0.1) is 5.92 Å². The molecule has 0 fully saturated rings. The summed E-state index contributed by atoms with van der Waals surface area (Å²) in [5, 5.41) is 15.4. The van der Waals surface area contributed by atoms with Crippen LogP contribution in [-0.2, 0) is 32.1 Å². The Morgan fingerprint density at radius 1 is 0.833 bits per heavy atom. The van der Waals surface area contributed by atoms with Gasteiger partial charge in [0, 0.05) is 37.4 Å². The first-order valence-corrected chi connectivity index (χ1v) is 18.9. The van der Waals surface area contributed by atoms with Gasteiger partial charge in [-0.3, -0.25) is 28.9 Å². The first kappa shape index (κ1) is 39.9. The summed E-state index contributed by atoms with van der Waals surface area (Å²) in [6.07, 6.45) is 0.426. The molecule has 0 aliphatic carbocycles. The van der Waals surface area contributed by atoms with Crippen molar-refractivity contribution in [1.82, 2.24) is 36.1 Å². The number of rotatable bonds is 6. The van der Waals surface area contributed by atoms with Crippen LogP contribution < -0.4 is 26.0 Å². The third-order valence-electron chi connectivity index (χ3n) is 9.47. The number of hydrogen-bond acceptors (Lipinski definition) is 9. The first-order chi connectivity index (χ1) is 25.8. The molecule has 4 aromatic rings. The van der Waals surface area contributed by atoms with E-state index in [1.807, 2.05) is 71.6 Å². The van der Waals surface area contributed by atoms with E-state index in [4.69, 9.17) is 4.74 Å². The van der Waals surface area contributed by atoms with E-state index in [2.05, 4.69) is 26.3 Å². The zero-order valence-corrected chi connectivity index (χ0v) is 32.4. The SMILES string of the molecule is COc1ccc(CN2CCN(C)C(=O)[C@@H](C)NC(=O)[C@H](C(C)C)NC(=O)[C@H](C)NC(=O)c3csc(n3)[C@H](Cc3ccccc3)NC(=O)C2)c2ccccc12. The molecular weight excluding hydrogens is 707 g/mol. The van der Waals surface area contributed by atoms with Crippen LogP contribution in [0.25, 0.3) is 10.8 Å². The van der Waals surface area contributed by atoms with Crippen molar-refractivity contribution in [2.45, 2.75) is 64.8 Å². The largest absolute Gasteiger partial charge is 0.496 e. The van der Waals surface area contributed by atoms with E-state index in [0.29, 0.717) is 24.5 Å². The van der Waals surface area contributed by atoms with Crippen LogP contribution in [0.15, 0.2) is 72.1 Å². The predicted octanol–water partition coefficient (Wildman–Crippen LogP) is 3.44. The molecule has 0 saturated heterocycles. The van der Waals surface area contributed by atoms with Crippen LogP contribution >= 0.6 is 11.3 Å². The summed E-state index contributed by atoms with van der Waals surface area (Å²) >= 11 is 1.24. The number of carbonyl (C=O) groups is 5. The number of thiazole rings is 1. The molecule has 5 amide bonds. The van der Waals surface area contributed by atoms with Gasteiger partial charge in [0.15, 0.2) is 0 Å². The van der Waals surface area contributed by atoms with Gasteiger partial charge in [-0.15, -0.1) is 11.3 Å². The van der Waals surface area contributed by atoms with Crippen molar-refractivity contribution in [3.63, 3.8) is 0 Å². The highest BCUT2D eigenvalue weighted by atomic mass is 32.1. The van der Waals surface area contributed by atoms with Crippen LogP contribution in [0.3, 0.4) is 0 Å². The van der Waals surface area contributed by atoms with E-state index in [0.717, 1.165) is 27.6 Å². The maximum absolute atomic E-state index is 14.0. The molecule has 2 bridgehead atoms. The molecule has 286 valence electrons. The van der Waals surface area contributed by atoms with Crippen molar-refractivity contribution in [3.8, 4) is 5.75 Å². The summed E-state index contributed by atoms with van der Waals surface area (Å²) in [6, 6.07) is 18.1. The van der Waals surface area contributed by atoms with Crippen molar-refractivity contribution in [3.05, 3.63) is 93.9 Å². The van der Waals surface area contributed by atoms with E-state index in [-0.39, 0.29) is 36.5 Å². The van der Waals surface area contributed by atoms with Crippen LogP contribution in [0.4, 0.5) is 0 Å². The standard InChI is InChI=1S/C40H49N7O6S/c1-24(2)35-38(51)42-26(4)40(52)46(5)18-19-47(21-28-16-17-33(53-6)30-15-11-10-14-29(28)30)22-34(48)43-31(20-27-12-8-7-9-13-27)39-44-32(23-54-39)37(50)41-25(3)36(49)45-35/h7-17,23-26,31,35H,18-22H2,1-6H3,(H,41,50)(H,42,51)(H,43,48)(H,45,49)/t25-,26+,31-,35-/m0/s1. The van der Waals surface area contributed by atoms with Crippen LogP contribution in [0.2, 0.25) is 0 Å². The molecule has 0 radical (unpaired) electrons. The fourth-order valence-corrected chi connectivity index (χ4v) is 7.25. The average molecular weight is 756 g/mol. The Kier molecular flexibility index (Phi) is 13.4. The fourth-order valence-electron chi connectivity index (χ4n) is 6.40. The van der Waals surface area contributed by atoms with Gasteiger partial charge in [0.05, 0.1) is 19.7 Å². The molecule has 1 aliphatic rings. The number of likely N-dealkylation sites (N-methyl/N-ethyl adjacent to an activating group) is 1. The van der Waals surface area contributed by atoms with Crippen molar-refractivity contribution in [2.75, 3.05) is 33.8 Å². The van der Waals surface area contributed by atoms with Crippen LogP contribution in [-0.4, -0.2) is 96.2 Å². The highest BCUT2D eigenvalue weighted by molar-refractivity contribution is 7.09. The predicted molar refractivity (Wildman–Crippen MR) is 208 cm³/mol. The van der Waals surface area contributed by atoms with Crippen molar-refractivity contribution in [2.24, 2.45) is 5.92 Å². The van der Waals surface area contributed by atoms with Gasteiger partial charge in [-0.2, -0.15) is 0 Å². The number of benzene rings is 3. The molecule has 3 aromatic carbocycles. The summed E-state index contributed by atoms with van der Waals surface area (Å²) < 4.78 is 5.61. The van der Waals surface area contributed by atoms with Crippen LogP contribution in [0.1, 0.15) is 60.4 Å². The molecule has 1 aliphatic heterocycles. The van der Waals surface area contributed by atoms with Gasteiger partial charge >= 0.3 is 0 Å². The van der Waals surface area contributed by atoms with E-state index < -0.39 is 41.9 Å². The Morgan fingerprint density at radius 2 is 1.54 bits per heavy atom. The van der Waals surface area contributed by atoms with E-state index in [1.165, 1.54) is 23.2 Å². The number of methoxy groups -OCH3 is 1. The number of nitrogens with zero attached hydrogens (tertiary/aromatic N) is 3. The number of hydrogen-bond donors (Lipinski definition) is 4.